The van der Waals surface area contributed by atoms with Crippen LogP contribution in [0.5, 0.6) is 5.75 Å². The van der Waals surface area contributed by atoms with E-state index in [2.05, 4.69) is 15.6 Å². The number of nitrogens with one attached hydrogen (secondary N) is 2. The lowest BCUT2D eigenvalue weighted by atomic mass is 10.1. The van der Waals surface area contributed by atoms with Gasteiger partial charge in [0.25, 0.3) is 11.8 Å². The van der Waals surface area contributed by atoms with E-state index < -0.39 is 17.5 Å². The van der Waals surface area contributed by atoms with Crippen LogP contribution >= 0.6 is 11.6 Å². The molecule has 3 saturated heterocycles. The summed E-state index contributed by atoms with van der Waals surface area (Å²) in [7, 11) is 2.74. The van der Waals surface area contributed by atoms with Crippen molar-refractivity contribution in [3.63, 3.8) is 0 Å². The van der Waals surface area contributed by atoms with Crippen molar-refractivity contribution in [3.05, 3.63) is 64.6 Å². The third-order valence-corrected chi connectivity index (χ3v) is 9.00. The Balaban J connectivity index is 1.10. The number of anilines is 1. The van der Waals surface area contributed by atoms with Gasteiger partial charge in [0.1, 0.15) is 0 Å². The van der Waals surface area contributed by atoms with E-state index in [1.54, 1.807) is 11.0 Å². The molecule has 0 radical (unpaired) electrons. The Morgan fingerprint density at radius 3 is 2.63 bits per heavy atom. The monoisotopic (exact) mass is 612 g/mol. The molecule has 226 valence electrons. The number of hydrogen-bond acceptors (Lipinski definition) is 6. The molecule has 3 aliphatic heterocycles. The molecule has 6 rings (SSSR count). The SMILES string of the molecule is COc1ccc(-c2cnc(C(=O)Nc3ccc(C(=O)N4CCC(C(=O)N5C[C@H]6CCN[C@H]6C5)C4)c(Cl)c3)n2C)c(F)c1F. The Morgan fingerprint density at radius 2 is 1.88 bits per heavy atom. The van der Waals surface area contributed by atoms with Crippen molar-refractivity contribution in [2.45, 2.75) is 18.9 Å². The average Bonchev–Trinajstić information content (AvgIpc) is 3.78. The quantitative estimate of drug-likeness (QED) is 0.441. The Morgan fingerprint density at radius 1 is 1.07 bits per heavy atom. The van der Waals surface area contributed by atoms with Gasteiger partial charge >= 0.3 is 0 Å². The summed E-state index contributed by atoms with van der Waals surface area (Å²) in [6.45, 7) is 3.30. The molecule has 0 bridgehead atoms. The average molecular weight is 613 g/mol. The first kappa shape index (κ1) is 29.1. The van der Waals surface area contributed by atoms with Gasteiger partial charge in [-0.2, -0.15) is 4.39 Å². The van der Waals surface area contributed by atoms with Crippen LogP contribution < -0.4 is 15.4 Å². The van der Waals surface area contributed by atoms with Gasteiger partial charge in [0.15, 0.2) is 17.4 Å². The second kappa shape index (κ2) is 11.6. The summed E-state index contributed by atoms with van der Waals surface area (Å²) < 4.78 is 35.0. The molecule has 10 nitrogen and oxygen atoms in total. The van der Waals surface area contributed by atoms with Crippen molar-refractivity contribution in [1.29, 1.82) is 0 Å². The van der Waals surface area contributed by atoms with Gasteiger partial charge in [-0.15, -0.1) is 0 Å². The highest BCUT2D eigenvalue weighted by atomic mass is 35.5. The molecule has 3 aromatic rings. The molecule has 2 aromatic carbocycles. The number of rotatable bonds is 6. The number of carbonyl (C=O) groups is 3. The summed E-state index contributed by atoms with van der Waals surface area (Å²) in [5.74, 6) is -3.04. The van der Waals surface area contributed by atoms with E-state index in [1.807, 2.05) is 4.90 Å². The Bertz CT molecular complexity index is 1600. The van der Waals surface area contributed by atoms with Crippen LogP contribution in [0.25, 0.3) is 11.3 Å². The molecule has 3 aliphatic rings. The first-order valence-electron chi connectivity index (χ1n) is 14.1. The van der Waals surface area contributed by atoms with Gasteiger partial charge in [0, 0.05) is 50.5 Å². The molecule has 43 heavy (non-hydrogen) atoms. The number of ether oxygens (including phenoxy) is 1. The van der Waals surface area contributed by atoms with Gasteiger partial charge in [-0.25, -0.2) is 9.37 Å². The van der Waals surface area contributed by atoms with Crippen LogP contribution in [0.15, 0.2) is 36.5 Å². The summed E-state index contributed by atoms with van der Waals surface area (Å²) in [6.07, 6.45) is 2.97. The highest BCUT2D eigenvalue weighted by molar-refractivity contribution is 6.34. The predicted octanol–water partition coefficient (Wildman–Crippen LogP) is 3.56. The van der Waals surface area contributed by atoms with Crippen molar-refractivity contribution in [2.24, 2.45) is 18.9 Å². The minimum atomic E-state index is -1.14. The zero-order valence-corrected chi connectivity index (χ0v) is 24.5. The molecule has 13 heteroatoms. The minimum absolute atomic E-state index is 0.0490. The van der Waals surface area contributed by atoms with Crippen molar-refractivity contribution >= 4 is 35.0 Å². The maximum absolute atomic E-state index is 14.6. The van der Waals surface area contributed by atoms with Gasteiger partial charge in [0.2, 0.25) is 11.7 Å². The normalized spacial score (nSPS) is 21.3. The number of methoxy groups -OCH3 is 1. The zero-order chi connectivity index (χ0) is 30.4. The lowest BCUT2D eigenvalue weighted by Gasteiger charge is -2.22. The van der Waals surface area contributed by atoms with Crippen LogP contribution in [-0.2, 0) is 11.8 Å². The van der Waals surface area contributed by atoms with E-state index in [9.17, 15) is 23.2 Å². The third kappa shape index (κ3) is 5.33. The number of aromatic nitrogens is 2. The molecular weight excluding hydrogens is 582 g/mol. The summed E-state index contributed by atoms with van der Waals surface area (Å²) in [5.41, 5.74) is 0.698. The second-order valence-corrected chi connectivity index (χ2v) is 11.6. The van der Waals surface area contributed by atoms with Crippen molar-refractivity contribution in [3.8, 4) is 17.0 Å². The second-order valence-electron chi connectivity index (χ2n) is 11.2. The molecule has 0 spiro atoms. The maximum Gasteiger partial charge on any atom is 0.291 e. The van der Waals surface area contributed by atoms with Gasteiger partial charge in [0.05, 0.1) is 35.5 Å². The minimum Gasteiger partial charge on any atom is -0.494 e. The third-order valence-electron chi connectivity index (χ3n) is 8.69. The highest BCUT2D eigenvalue weighted by Gasteiger charge is 2.41. The molecular formula is C30H31ClF2N6O4. The van der Waals surface area contributed by atoms with Crippen LogP contribution in [0, 0.1) is 23.5 Å². The summed E-state index contributed by atoms with van der Waals surface area (Å²) in [6, 6.07) is 7.56. The van der Waals surface area contributed by atoms with Crippen LogP contribution in [-0.4, -0.2) is 82.9 Å². The van der Waals surface area contributed by atoms with E-state index in [-0.39, 0.29) is 51.1 Å². The van der Waals surface area contributed by atoms with E-state index >= 15 is 0 Å². The summed E-state index contributed by atoms with van der Waals surface area (Å²) in [5, 5.41) is 6.28. The molecule has 1 aromatic heterocycles. The van der Waals surface area contributed by atoms with E-state index in [0.717, 1.165) is 26.1 Å². The number of amides is 3. The molecule has 3 fully saturated rings. The first-order chi connectivity index (χ1) is 20.7. The number of nitrogens with zero attached hydrogens (tertiary/aromatic N) is 4. The number of halogens is 3. The summed E-state index contributed by atoms with van der Waals surface area (Å²) in [4.78, 5) is 47.1. The molecule has 2 N–H and O–H groups in total. The molecule has 0 saturated carbocycles. The Hall–Kier alpha value is -4.03. The number of fused-ring (bicyclic) bond motifs is 1. The van der Waals surface area contributed by atoms with Crippen molar-refractivity contribution < 1.29 is 27.9 Å². The predicted molar refractivity (Wildman–Crippen MR) is 155 cm³/mol. The number of imidazole rings is 1. The Labute approximate surface area is 251 Å². The van der Waals surface area contributed by atoms with E-state index in [4.69, 9.17) is 16.3 Å². The lowest BCUT2D eigenvalue weighted by Crippen LogP contribution is -2.39. The maximum atomic E-state index is 14.6. The van der Waals surface area contributed by atoms with Gasteiger partial charge in [-0.05, 0) is 55.6 Å². The largest absolute Gasteiger partial charge is 0.494 e. The fourth-order valence-corrected chi connectivity index (χ4v) is 6.58. The number of likely N-dealkylation sites (tertiary alicyclic amines) is 2. The van der Waals surface area contributed by atoms with Crippen LogP contribution in [0.1, 0.15) is 33.8 Å². The Kier molecular flexibility index (Phi) is 7.82. The van der Waals surface area contributed by atoms with E-state index in [1.165, 1.54) is 49.2 Å². The molecule has 0 aliphatic carbocycles. The zero-order valence-electron chi connectivity index (χ0n) is 23.7. The fourth-order valence-electron chi connectivity index (χ4n) is 6.32. The summed E-state index contributed by atoms with van der Waals surface area (Å²) >= 11 is 6.47. The highest BCUT2D eigenvalue weighted by Crippen LogP contribution is 2.32. The van der Waals surface area contributed by atoms with Crippen LogP contribution in [0.4, 0.5) is 14.5 Å². The van der Waals surface area contributed by atoms with Gasteiger partial charge in [-0.1, -0.05) is 11.6 Å². The topological polar surface area (TPSA) is 109 Å². The molecule has 3 atom stereocenters. The standard InChI is InChI=1S/C30H31ClF2N6O4/c1-37-23(20-5-6-24(43-2)26(33)25(20)32)12-35-27(37)28(40)36-18-3-4-19(21(31)11-18)30(42)38-10-8-17(14-38)29(41)39-13-16-7-9-34-22(16)15-39/h3-6,11-12,16-17,22,34H,7-10,13-15H2,1-2H3,(H,36,40)/t16-,17?,22+/m1/s1. The van der Waals surface area contributed by atoms with Crippen LogP contribution in [0.2, 0.25) is 5.02 Å². The van der Waals surface area contributed by atoms with E-state index in [0.29, 0.717) is 37.2 Å². The fraction of sp³-hybridized carbons (Fsp3) is 0.400. The number of benzene rings is 2. The van der Waals surface area contributed by atoms with Crippen LogP contribution in [0.3, 0.4) is 0 Å². The lowest BCUT2D eigenvalue weighted by molar-refractivity contribution is -0.134. The first-order valence-corrected chi connectivity index (χ1v) is 14.5. The molecule has 4 heterocycles. The smallest absolute Gasteiger partial charge is 0.291 e. The van der Waals surface area contributed by atoms with Gasteiger partial charge in [-0.3, -0.25) is 14.4 Å². The number of carbonyl (C=O) groups excluding carboxylic acids is 3. The van der Waals surface area contributed by atoms with Crippen molar-refractivity contribution in [2.75, 3.05) is 45.2 Å². The molecule has 1 unspecified atom stereocenters. The molecule has 3 amide bonds. The van der Waals surface area contributed by atoms with Crippen molar-refractivity contribution in [1.82, 2.24) is 24.7 Å². The number of hydrogen-bond donors (Lipinski definition) is 2. The van der Waals surface area contributed by atoms with Gasteiger partial charge < -0.3 is 29.7 Å².